The molecule has 0 heterocycles. The Bertz CT molecular complexity index is 8320. The van der Waals surface area contributed by atoms with Crippen molar-refractivity contribution in [2.75, 3.05) is 9.80 Å². The van der Waals surface area contributed by atoms with E-state index in [2.05, 4.69) is 523 Å². The van der Waals surface area contributed by atoms with Crippen molar-refractivity contribution < 1.29 is 0 Å². The van der Waals surface area contributed by atoms with Crippen molar-refractivity contribution >= 4 is 77.2 Å². The van der Waals surface area contributed by atoms with Gasteiger partial charge < -0.3 is 9.80 Å². The van der Waals surface area contributed by atoms with Gasteiger partial charge in [-0.1, -0.05) is 428 Å². The highest BCUT2D eigenvalue weighted by atomic mass is 15.2. The highest BCUT2D eigenvalue weighted by molar-refractivity contribution is 6.15. The second kappa shape index (κ2) is 32.3. The molecular formula is C130H92N2. The molecule has 0 unspecified atom stereocenters. The predicted molar refractivity (Wildman–Crippen MR) is 561 cm³/mol. The number of hydrogen-bond donors (Lipinski definition) is 0. The number of benzene rings is 22. The zero-order valence-corrected chi connectivity index (χ0v) is 74.1. The highest BCUT2D eigenvalue weighted by Gasteiger charge is 2.38. The highest BCUT2D eigenvalue weighted by Crippen LogP contribution is 2.56. The van der Waals surface area contributed by atoms with Crippen LogP contribution in [0.4, 0.5) is 34.1 Å². The van der Waals surface area contributed by atoms with Crippen LogP contribution in [0.2, 0.25) is 0 Å². The Labute approximate surface area is 772 Å². The molecule has 2 nitrogen and oxygen atoms in total. The minimum atomic E-state index is -0.276. The minimum Gasteiger partial charge on any atom is -0.310 e. The summed E-state index contributed by atoms with van der Waals surface area (Å²) in [7, 11) is 0. The van der Waals surface area contributed by atoms with E-state index in [1.54, 1.807) is 0 Å². The Hall–Kier alpha value is -16.5. The van der Waals surface area contributed by atoms with E-state index < -0.39 is 0 Å². The SMILES string of the molecule is CC1(C)c2ccccc2-c2ccc(-c3cccc(N(c4ccc(-c5cccc6c5ccc5cc(-c7cccc(-c8ccccc8-c8ccccc8-c8ccccc8N(c8ccc(-c9cccc%10c9ccc9ccccc9%10)cc8)c8ccc9c(c8)C(C)(C)c8cc(-c%10ccccc%10)ccc8-9)c7)ccc56)cc4)c4ccccc4-c4ccccc4-c4ccccc4-c4ccccc4)c3)cc21. The second-order valence-corrected chi connectivity index (χ2v) is 36.5. The quantitative estimate of drug-likeness (QED) is 0.0839. The van der Waals surface area contributed by atoms with Crippen LogP contribution in [0, 0.1) is 0 Å². The smallest absolute Gasteiger partial charge is 0.0540 e. The fraction of sp³-hybridized carbons (Fsp3) is 0.0462. The average Bonchev–Trinajstić information content (AvgIpc) is 1.41. The van der Waals surface area contributed by atoms with Crippen LogP contribution in [0.15, 0.2) is 485 Å². The first kappa shape index (κ1) is 78.9. The first-order valence-corrected chi connectivity index (χ1v) is 46.1. The zero-order valence-electron chi connectivity index (χ0n) is 74.1. The minimum absolute atomic E-state index is 0.133. The molecular weight excluding hydrogens is 1590 g/mol. The standard InChI is InChI=1S/C130H92N2/c1-129(2)123-56-24-21-49-117(123)118-77-66-94(83-124(118)129)91-37-28-39-99(81-91)131(127-57-25-22-50-121(127)113-47-19-17-45-111(113)107-43-15-13-41-101(107)86-33-9-6-10-34-86)97-68-59-89(60-69-97)104-53-30-55-110-106-73-64-92(80-96(106)67-75-116(104)110)90-36-27-38-95(79-90)105-42-14-16-44-108(105)112-46-18-20-48-114(112)122-51-23-26-58-128(122)132(98-70-61-88(62-71-98)103-52-29-54-109-102-40-12-11-35-87(102)63-74-115(103)109)100-72-78-120-119-76-65-93(85-31-7-5-8-32-85)82-125(119)130(3,4)126(120)84-100/h5-84H,1-4H3. The Morgan fingerprint density at radius 2 is 0.447 bits per heavy atom. The summed E-state index contributed by atoms with van der Waals surface area (Å²) in [4.78, 5) is 4.97. The maximum atomic E-state index is 2.50. The van der Waals surface area contributed by atoms with Crippen LogP contribution < -0.4 is 9.80 Å². The molecule has 0 saturated carbocycles. The third kappa shape index (κ3) is 13.6. The molecule has 24 rings (SSSR count). The normalized spacial score (nSPS) is 12.7. The van der Waals surface area contributed by atoms with Crippen molar-refractivity contribution in [1.29, 1.82) is 0 Å². The van der Waals surface area contributed by atoms with Gasteiger partial charge in [0.15, 0.2) is 0 Å². The van der Waals surface area contributed by atoms with Crippen LogP contribution in [-0.2, 0) is 10.8 Å². The molecule has 0 radical (unpaired) electrons. The van der Waals surface area contributed by atoms with Gasteiger partial charge in [-0.25, -0.2) is 0 Å². The lowest BCUT2D eigenvalue weighted by Crippen LogP contribution is -2.17. The lowest BCUT2D eigenvalue weighted by atomic mass is 9.81. The lowest BCUT2D eigenvalue weighted by Gasteiger charge is -2.30. The van der Waals surface area contributed by atoms with E-state index in [0.29, 0.717) is 0 Å². The summed E-state index contributed by atoms with van der Waals surface area (Å²) in [5, 5.41) is 9.84. The predicted octanol–water partition coefficient (Wildman–Crippen LogP) is 36.2. The molecule has 0 spiro atoms. The van der Waals surface area contributed by atoms with E-state index in [4.69, 9.17) is 0 Å². The molecule has 132 heavy (non-hydrogen) atoms. The summed E-state index contributed by atoms with van der Waals surface area (Å²) in [6.45, 7) is 9.53. The van der Waals surface area contributed by atoms with Gasteiger partial charge in [0.2, 0.25) is 0 Å². The summed E-state index contributed by atoms with van der Waals surface area (Å²) in [5.41, 5.74) is 42.5. The molecule has 0 aliphatic heterocycles. The van der Waals surface area contributed by atoms with E-state index in [1.807, 2.05) is 0 Å². The summed E-state index contributed by atoms with van der Waals surface area (Å²) in [5.74, 6) is 0. The molecule has 2 aliphatic rings. The number of anilines is 6. The van der Waals surface area contributed by atoms with Crippen molar-refractivity contribution in [3.8, 4) is 145 Å². The van der Waals surface area contributed by atoms with Crippen molar-refractivity contribution in [2.45, 2.75) is 38.5 Å². The third-order valence-electron chi connectivity index (χ3n) is 28.3. The van der Waals surface area contributed by atoms with Gasteiger partial charge in [0.1, 0.15) is 0 Å². The van der Waals surface area contributed by atoms with Crippen molar-refractivity contribution in [2.24, 2.45) is 0 Å². The summed E-state index contributed by atoms with van der Waals surface area (Å²) < 4.78 is 0. The molecule has 22 aromatic carbocycles. The van der Waals surface area contributed by atoms with Gasteiger partial charge in [-0.3, -0.25) is 0 Å². The van der Waals surface area contributed by atoms with E-state index in [9.17, 15) is 0 Å². The zero-order chi connectivity index (χ0) is 88.1. The third-order valence-corrected chi connectivity index (χ3v) is 28.3. The largest absolute Gasteiger partial charge is 0.310 e. The molecule has 622 valence electrons. The fourth-order valence-electron chi connectivity index (χ4n) is 21.8. The summed E-state index contributed by atoms with van der Waals surface area (Å²) in [6.07, 6.45) is 0. The fourth-order valence-corrected chi connectivity index (χ4v) is 21.8. The monoisotopic (exact) mass is 1680 g/mol. The van der Waals surface area contributed by atoms with Gasteiger partial charge >= 0.3 is 0 Å². The second-order valence-electron chi connectivity index (χ2n) is 36.5. The van der Waals surface area contributed by atoms with Gasteiger partial charge in [0.05, 0.1) is 11.4 Å². The van der Waals surface area contributed by atoms with Crippen LogP contribution in [0.1, 0.15) is 49.9 Å². The first-order valence-electron chi connectivity index (χ1n) is 46.1. The molecule has 22 aromatic rings. The number of nitrogens with zero attached hydrogens (tertiary/aromatic N) is 2. The lowest BCUT2D eigenvalue weighted by molar-refractivity contribution is 0.660. The molecule has 2 heteroatoms. The summed E-state index contributed by atoms with van der Waals surface area (Å²) in [6, 6.07) is 181. The van der Waals surface area contributed by atoms with Crippen molar-refractivity contribution in [3.05, 3.63) is 508 Å². The number of hydrogen-bond acceptors (Lipinski definition) is 2. The Kier molecular flexibility index (Phi) is 19.3. The van der Waals surface area contributed by atoms with Crippen LogP contribution in [0.25, 0.3) is 188 Å². The van der Waals surface area contributed by atoms with Gasteiger partial charge in [-0.15, -0.1) is 0 Å². The van der Waals surface area contributed by atoms with Gasteiger partial charge in [-0.05, 0) is 284 Å². The van der Waals surface area contributed by atoms with Crippen LogP contribution in [-0.4, -0.2) is 0 Å². The molecule has 2 aliphatic carbocycles. The number of para-hydroxylation sites is 2. The van der Waals surface area contributed by atoms with E-state index in [-0.39, 0.29) is 10.8 Å². The van der Waals surface area contributed by atoms with Gasteiger partial charge in [0, 0.05) is 44.7 Å². The molecule has 0 fully saturated rings. The van der Waals surface area contributed by atoms with Crippen molar-refractivity contribution in [1.82, 2.24) is 0 Å². The average molecular weight is 1680 g/mol. The van der Waals surface area contributed by atoms with E-state index in [0.717, 1.165) is 101 Å². The number of fused-ring (bicyclic) bond motifs is 12. The van der Waals surface area contributed by atoms with Gasteiger partial charge in [0.25, 0.3) is 0 Å². The van der Waals surface area contributed by atoms with Gasteiger partial charge in [-0.2, -0.15) is 0 Å². The van der Waals surface area contributed by atoms with Crippen molar-refractivity contribution in [3.63, 3.8) is 0 Å². The van der Waals surface area contributed by atoms with E-state index in [1.165, 1.54) is 143 Å². The van der Waals surface area contributed by atoms with Crippen LogP contribution in [0.5, 0.6) is 0 Å². The molecule has 0 amide bonds. The Morgan fingerprint density at radius 1 is 0.136 bits per heavy atom. The summed E-state index contributed by atoms with van der Waals surface area (Å²) >= 11 is 0. The van der Waals surface area contributed by atoms with Crippen LogP contribution in [0.3, 0.4) is 0 Å². The molecule has 0 atom stereocenters. The topological polar surface area (TPSA) is 6.48 Å². The molecule has 0 N–H and O–H groups in total. The Morgan fingerprint density at radius 3 is 1.02 bits per heavy atom. The Balaban J connectivity index is 0.564. The van der Waals surface area contributed by atoms with Crippen LogP contribution >= 0.6 is 0 Å². The maximum Gasteiger partial charge on any atom is 0.0540 e. The molecule has 0 bridgehead atoms. The molecule has 0 aromatic heterocycles. The maximum absolute atomic E-state index is 2.50. The number of rotatable bonds is 17. The first-order chi connectivity index (χ1) is 65.0. The van der Waals surface area contributed by atoms with E-state index >= 15 is 0 Å². The molecule has 0 saturated heterocycles.